The van der Waals surface area contributed by atoms with Gasteiger partial charge in [-0.1, -0.05) is 31.4 Å². The van der Waals surface area contributed by atoms with Gasteiger partial charge in [-0.25, -0.2) is 4.79 Å². The molecule has 0 unspecified atom stereocenters. The third-order valence-electron chi connectivity index (χ3n) is 6.17. The van der Waals surface area contributed by atoms with Crippen LogP contribution in [-0.2, 0) is 4.79 Å². The summed E-state index contributed by atoms with van der Waals surface area (Å²) < 4.78 is 11.8. The number of hydrogen-bond acceptors (Lipinski definition) is 4. The van der Waals surface area contributed by atoms with Gasteiger partial charge in [-0.3, -0.25) is 4.79 Å². The normalized spacial score (nSPS) is 25.3. The number of likely N-dealkylation sites (tertiary alicyclic amines) is 1. The molecule has 0 spiro atoms. The average Bonchev–Trinajstić information content (AvgIpc) is 2.74. The number of carbonyl (C=O) groups excluding carboxylic acids is 2. The zero-order valence-electron chi connectivity index (χ0n) is 17.1. The number of nitrogens with zero attached hydrogens (tertiary/aromatic N) is 1. The number of fused-ring (bicyclic) bond motifs is 1. The maximum absolute atomic E-state index is 13.0. The molecule has 0 bridgehead atoms. The Morgan fingerprint density at radius 3 is 2.14 bits per heavy atom. The van der Waals surface area contributed by atoms with Crippen LogP contribution >= 0.6 is 0 Å². The lowest BCUT2D eigenvalue weighted by molar-refractivity contribution is -0.145. The fourth-order valence-electron chi connectivity index (χ4n) is 4.47. The number of ether oxygens (including phenoxy) is 2. The van der Waals surface area contributed by atoms with Gasteiger partial charge in [-0.05, 0) is 44.7 Å². The number of piperidine rings is 1. The predicted octanol–water partition coefficient (Wildman–Crippen LogP) is 2.84. The van der Waals surface area contributed by atoms with Crippen molar-refractivity contribution in [2.75, 3.05) is 13.1 Å². The molecule has 3 aliphatic rings. The molecule has 1 saturated carbocycles. The monoisotopic (exact) mass is 401 g/mol. The number of nitrogens with one attached hydrogen (secondary N) is 2. The van der Waals surface area contributed by atoms with E-state index in [4.69, 9.17) is 9.47 Å². The number of urea groups is 1. The molecule has 2 atom stereocenters. The Labute approximate surface area is 172 Å². The third-order valence-corrected chi connectivity index (χ3v) is 6.17. The summed E-state index contributed by atoms with van der Waals surface area (Å²) in [4.78, 5) is 27.1. The van der Waals surface area contributed by atoms with Crippen molar-refractivity contribution in [3.05, 3.63) is 24.3 Å². The smallest absolute Gasteiger partial charge is 0.315 e. The van der Waals surface area contributed by atoms with Crippen molar-refractivity contribution < 1.29 is 19.1 Å². The SMILES string of the molecule is C[C@H]1Oc2ccccc2O[C@@H]1C(=O)N1CCC(NC(=O)NC2CCCCC2)CC1. The van der Waals surface area contributed by atoms with Gasteiger partial charge in [0.15, 0.2) is 11.5 Å². The summed E-state index contributed by atoms with van der Waals surface area (Å²) in [5, 5.41) is 6.18. The minimum Gasteiger partial charge on any atom is -0.482 e. The zero-order valence-corrected chi connectivity index (χ0v) is 17.1. The summed E-state index contributed by atoms with van der Waals surface area (Å²) in [6.07, 6.45) is 6.34. The molecule has 0 radical (unpaired) electrons. The fraction of sp³-hybridized carbons (Fsp3) is 0.636. The molecule has 2 N–H and O–H groups in total. The van der Waals surface area contributed by atoms with Gasteiger partial charge in [-0.15, -0.1) is 0 Å². The lowest BCUT2D eigenvalue weighted by Gasteiger charge is -2.37. The van der Waals surface area contributed by atoms with Crippen LogP contribution in [-0.4, -0.2) is 54.2 Å². The van der Waals surface area contributed by atoms with Gasteiger partial charge in [-0.2, -0.15) is 0 Å². The van der Waals surface area contributed by atoms with Gasteiger partial charge in [0.2, 0.25) is 6.10 Å². The highest BCUT2D eigenvalue weighted by Gasteiger charge is 2.38. The maximum atomic E-state index is 13.0. The maximum Gasteiger partial charge on any atom is 0.315 e. The van der Waals surface area contributed by atoms with Gasteiger partial charge in [0.05, 0.1) is 0 Å². The van der Waals surface area contributed by atoms with E-state index in [1.165, 1.54) is 19.3 Å². The number of amides is 3. The van der Waals surface area contributed by atoms with E-state index in [-0.39, 0.29) is 24.1 Å². The molecule has 3 amide bonds. The Kier molecular flexibility index (Phi) is 6.11. The van der Waals surface area contributed by atoms with Gasteiger partial charge >= 0.3 is 6.03 Å². The summed E-state index contributed by atoms with van der Waals surface area (Å²) >= 11 is 0. The Hall–Kier alpha value is -2.44. The van der Waals surface area contributed by atoms with Crippen LogP contribution in [0.5, 0.6) is 11.5 Å². The van der Waals surface area contributed by atoms with Crippen LogP contribution in [0, 0.1) is 0 Å². The summed E-state index contributed by atoms with van der Waals surface area (Å²) in [6, 6.07) is 7.76. The second-order valence-corrected chi connectivity index (χ2v) is 8.36. The van der Waals surface area contributed by atoms with E-state index in [9.17, 15) is 9.59 Å². The van der Waals surface area contributed by atoms with Crippen LogP contribution in [0.25, 0.3) is 0 Å². The molecule has 2 fully saturated rings. The van der Waals surface area contributed by atoms with Crippen molar-refractivity contribution in [1.82, 2.24) is 15.5 Å². The third kappa shape index (κ3) is 4.77. The molecule has 158 valence electrons. The number of hydrogen-bond donors (Lipinski definition) is 2. The van der Waals surface area contributed by atoms with E-state index in [2.05, 4.69) is 10.6 Å². The van der Waals surface area contributed by atoms with Crippen LogP contribution in [0.1, 0.15) is 51.9 Å². The lowest BCUT2D eigenvalue weighted by Crippen LogP contribution is -2.55. The van der Waals surface area contributed by atoms with E-state index in [0.717, 1.165) is 25.7 Å². The molecule has 1 aliphatic carbocycles. The average molecular weight is 402 g/mol. The minimum atomic E-state index is -0.635. The van der Waals surface area contributed by atoms with Crippen LogP contribution in [0.4, 0.5) is 4.79 Å². The molecule has 1 aromatic carbocycles. The molecule has 7 nitrogen and oxygen atoms in total. The number of para-hydroxylation sites is 2. The van der Waals surface area contributed by atoms with Gasteiger partial charge in [0.1, 0.15) is 6.10 Å². The Balaban J connectivity index is 1.25. The lowest BCUT2D eigenvalue weighted by atomic mass is 9.96. The van der Waals surface area contributed by atoms with Gasteiger partial charge in [0, 0.05) is 25.2 Å². The molecule has 4 rings (SSSR count). The first-order chi connectivity index (χ1) is 14.1. The first kappa shape index (κ1) is 19.9. The molecular formula is C22H31N3O4. The highest BCUT2D eigenvalue weighted by atomic mass is 16.6. The van der Waals surface area contributed by atoms with Crippen LogP contribution < -0.4 is 20.1 Å². The zero-order chi connectivity index (χ0) is 20.2. The van der Waals surface area contributed by atoms with Crippen molar-refractivity contribution in [1.29, 1.82) is 0 Å². The largest absolute Gasteiger partial charge is 0.482 e. The Morgan fingerprint density at radius 2 is 1.48 bits per heavy atom. The topological polar surface area (TPSA) is 79.9 Å². The van der Waals surface area contributed by atoms with Crippen molar-refractivity contribution in [2.24, 2.45) is 0 Å². The minimum absolute atomic E-state index is 0.0443. The van der Waals surface area contributed by atoms with Crippen molar-refractivity contribution >= 4 is 11.9 Å². The Bertz CT molecular complexity index is 727. The summed E-state index contributed by atoms with van der Waals surface area (Å²) in [5.74, 6) is 1.24. The quantitative estimate of drug-likeness (QED) is 0.816. The standard InChI is InChI=1S/C22H31N3O4/c1-15-20(29-19-10-6-5-9-18(19)28-15)21(26)25-13-11-17(12-14-25)24-22(27)23-16-7-3-2-4-8-16/h5-6,9-10,15-17,20H,2-4,7-8,11-14H2,1H3,(H2,23,24,27)/t15-,20+/m1/s1. The number of carbonyl (C=O) groups is 2. The first-order valence-corrected chi connectivity index (χ1v) is 10.9. The molecule has 0 aromatic heterocycles. The molecule has 1 aromatic rings. The van der Waals surface area contributed by atoms with Crippen molar-refractivity contribution in [3.63, 3.8) is 0 Å². The van der Waals surface area contributed by atoms with E-state index >= 15 is 0 Å². The highest BCUT2D eigenvalue weighted by Crippen LogP contribution is 2.34. The first-order valence-electron chi connectivity index (χ1n) is 10.9. The molecular weight excluding hydrogens is 370 g/mol. The number of benzene rings is 1. The highest BCUT2D eigenvalue weighted by molar-refractivity contribution is 5.82. The van der Waals surface area contributed by atoms with Crippen LogP contribution in [0.2, 0.25) is 0 Å². The Morgan fingerprint density at radius 1 is 0.897 bits per heavy atom. The number of rotatable bonds is 3. The van der Waals surface area contributed by atoms with Crippen molar-refractivity contribution in [3.8, 4) is 11.5 Å². The van der Waals surface area contributed by atoms with E-state index in [1.54, 1.807) is 0 Å². The second-order valence-electron chi connectivity index (χ2n) is 8.36. The fourth-order valence-corrected chi connectivity index (χ4v) is 4.47. The van der Waals surface area contributed by atoms with Crippen LogP contribution in [0.3, 0.4) is 0 Å². The molecule has 2 heterocycles. The molecule has 1 saturated heterocycles. The van der Waals surface area contributed by atoms with Gasteiger partial charge in [0.25, 0.3) is 5.91 Å². The van der Waals surface area contributed by atoms with E-state index in [1.807, 2.05) is 36.1 Å². The van der Waals surface area contributed by atoms with Crippen LogP contribution in [0.15, 0.2) is 24.3 Å². The summed E-state index contributed by atoms with van der Waals surface area (Å²) in [5.41, 5.74) is 0. The molecule has 2 aliphatic heterocycles. The second kappa shape index (κ2) is 8.93. The van der Waals surface area contributed by atoms with E-state index in [0.29, 0.717) is 30.6 Å². The predicted molar refractivity (Wildman–Crippen MR) is 109 cm³/mol. The van der Waals surface area contributed by atoms with Crippen molar-refractivity contribution in [2.45, 2.75) is 76.2 Å². The van der Waals surface area contributed by atoms with Gasteiger partial charge < -0.3 is 25.0 Å². The summed E-state index contributed by atoms with van der Waals surface area (Å²) in [7, 11) is 0. The molecule has 29 heavy (non-hydrogen) atoms. The summed E-state index contributed by atoms with van der Waals surface area (Å²) in [6.45, 7) is 3.09. The van der Waals surface area contributed by atoms with E-state index < -0.39 is 6.10 Å². The molecule has 7 heteroatoms.